The minimum Gasteiger partial charge on any atom is -0.483 e. The van der Waals surface area contributed by atoms with E-state index in [1.54, 1.807) is 0 Å². The summed E-state index contributed by atoms with van der Waals surface area (Å²) >= 11 is 0. The normalized spacial score (nSPS) is 22.0. The first-order valence-corrected chi connectivity index (χ1v) is 9.96. The Morgan fingerprint density at radius 1 is 1.33 bits per heavy atom. The molecule has 0 radical (unpaired) electrons. The number of aryl methyl sites for hydroxylation is 1. The fraction of sp³-hybridized carbons (Fsp3) is 0.789. The molecule has 152 valence electrons. The van der Waals surface area contributed by atoms with Crippen LogP contribution in [0.2, 0.25) is 0 Å². The van der Waals surface area contributed by atoms with Crippen LogP contribution in [0, 0.1) is 5.92 Å². The van der Waals surface area contributed by atoms with Gasteiger partial charge in [-0.2, -0.15) is 0 Å². The molecule has 1 aromatic rings. The SMILES string of the molecule is CCCC[C@@H]1CN(C(=O)c2nnc3n2CCCC3)C[C@H](C(C)C)O1.O=CO. The lowest BCUT2D eigenvalue weighted by atomic mass is 10.0. The molecule has 1 saturated heterocycles. The summed E-state index contributed by atoms with van der Waals surface area (Å²) in [6, 6.07) is 0. The molecule has 2 aliphatic rings. The number of carboxylic acid groups (broad SMARTS) is 1. The van der Waals surface area contributed by atoms with Gasteiger partial charge in [0.2, 0.25) is 5.82 Å². The fourth-order valence-electron chi connectivity index (χ4n) is 3.60. The van der Waals surface area contributed by atoms with Crippen molar-refractivity contribution in [1.82, 2.24) is 19.7 Å². The molecule has 2 atom stereocenters. The van der Waals surface area contributed by atoms with Gasteiger partial charge in [-0.05, 0) is 25.2 Å². The smallest absolute Gasteiger partial charge is 0.291 e. The highest BCUT2D eigenvalue weighted by atomic mass is 16.5. The van der Waals surface area contributed by atoms with Crippen LogP contribution in [-0.4, -0.2) is 62.4 Å². The molecule has 0 spiro atoms. The van der Waals surface area contributed by atoms with Crippen LogP contribution in [0.5, 0.6) is 0 Å². The molecule has 1 amide bonds. The number of carbonyl (C=O) groups excluding carboxylic acids is 1. The third-order valence-corrected chi connectivity index (χ3v) is 5.15. The number of amides is 1. The Kier molecular flexibility index (Phi) is 8.22. The van der Waals surface area contributed by atoms with Crippen molar-refractivity contribution in [2.45, 2.75) is 78.0 Å². The van der Waals surface area contributed by atoms with Crippen molar-refractivity contribution in [2.24, 2.45) is 5.92 Å². The molecule has 1 N–H and O–H groups in total. The van der Waals surface area contributed by atoms with Crippen LogP contribution in [0.15, 0.2) is 0 Å². The molecular weight excluding hydrogens is 348 g/mol. The van der Waals surface area contributed by atoms with E-state index in [0.717, 1.165) is 50.9 Å². The second-order valence-electron chi connectivity index (χ2n) is 7.55. The number of morpholine rings is 1. The Morgan fingerprint density at radius 3 is 2.74 bits per heavy atom. The minimum atomic E-state index is -0.250. The predicted octanol–water partition coefficient (Wildman–Crippen LogP) is 2.37. The predicted molar refractivity (Wildman–Crippen MR) is 101 cm³/mol. The molecule has 0 saturated carbocycles. The van der Waals surface area contributed by atoms with E-state index in [4.69, 9.17) is 14.6 Å². The summed E-state index contributed by atoms with van der Waals surface area (Å²) in [5.41, 5.74) is 0. The lowest BCUT2D eigenvalue weighted by molar-refractivity contribution is -0.122. The van der Waals surface area contributed by atoms with Gasteiger partial charge in [0, 0.05) is 26.1 Å². The molecule has 1 fully saturated rings. The summed E-state index contributed by atoms with van der Waals surface area (Å²) in [6.45, 7) is 8.45. The first-order valence-electron chi connectivity index (χ1n) is 9.96. The summed E-state index contributed by atoms with van der Waals surface area (Å²) in [4.78, 5) is 23.4. The third kappa shape index (κ3) is 5.51. The van der Waals surface area contributed by atoms with Crippen molar-refractivity contribution in [3.63, 3.8) is 0 Å². The van der Waals surface area contributed by atoms with E-state index in [1.807, 2.05) is 9.47 Å². The Labute approximate surface area is 160 Å². The van der Waals surface area contributed by atoms with Gasteiger partial charge in [0.1, 0.15) is 5.82 Å². The van der Waals surface area contributed by atoms with Crippen molar-refractivity contribution in [3.05, 3.63) is 11.6 Å². The second kappa shape index (κ2) is 10.4. The van der Waals surface area contributed by atoms with Gasteiger partial charge in [0.05, 0.1) is 12.2 Å². The Morgan fingerprint density at radius 2 is 2.07 bits per heavy atom. The summed E-state index contributed by atoms with van der Waals surface area (Å²) in [6.07, 6.45) is 6.71. The molecule has 0 unspecified atom stereocenters. The van der Waals surface area contributed by atoms with Gasteiger partial charge in [-0.3, -0.25) is 9.59 Å². The number of hydrogen-bond acceptors (Lipinski definition) is 5. The van der Waals surface area contributed by atoms with Crippen molar-refractivity contribution < 1.29 is 19.4 Å². The largest absolute Gasteiger partial charge is 0.483 e. The number of ether oxygens (including phenoxy) is 1. The number of unbranched alkanes of at least 4 members (excludes halogenated alkanes) is 1. The highest BCUT2D eigenvalue weighted by molar-refractivity contribution is 5.91. The molecule has 0 aliphatic carbocycles. The number of hydrogen-bond donors (Lipinski definition) is 1. The maximum atomic E-state index is 13.1. The van der Waals surface area contributed by atoms with Crippen LogP contribution >= 0.6 is 0 Å². The maximum absolute atomic E-state index is 13.1. The van der Waals surface area contributed by atoms with Crippen LogP contribution in [0.4, 0.5) is 0 Å². The molecule has 3 rings (SSSR count). The average molecular weight is 380 g/mol. The Bertz CT molecular complexity index is 617. The van der Waals surface area contributed by atoms with Gasteiger partial charge in [-0.25, -0.2) is 0 Å². The van der Waals surface area contributed by atoms with Gasteiger partial charge < -0.3 is 19.3 Å². The number of nitrogens with zero attached hydrogens (tertiary/aromatic N) is 4. The van der Waals surface area contributed by atoms with E-state index < -0.39 is 0 Å². The van der Waals surface area contributed by atoms with Gasteiger partial charge in [0.15, 0.2) is 0 Å². The van der Waals surface area contributed by atoms with Crippen molar-refractivity contribution in [1.29, 1.82) is 0 Å². The molecular formula is C19H32N4O4. The molecule has 1 aromatic heterocycles. The first kappa shape index (κ1) is 21.3. The fourth-order valence-corrected chi connectivity index (χ4v) is 3.60. The molecule has 0 aromatic carbocycles. The Hall–Kier alpha value is -1.96. The zero-order chi connectivity index (χ0) is 19.8. The summed E-state index contributed by atoms with van der Waals surface area (Å²) in [5, 5.41) is 15.3. The minimum absolute atomic E-state index is 0.0195. The van der Waals surface area contributed by atoms with Crippen molar-refractivity contribution >= 4 is 12.4 Å². The molecule has 8 heteroatoms. The molecule has 2 aliphatic heterocycles. The van der Waals surface area contributed by atoms with Crippen molar-refractivity contribution in [3.8, 4) is 0 Å². The number of aromatic nitrogens is 3. The van der Waals surface area contributed by atoms with Crippen LogP contribution in [0.3, 0.4) is 0 Å². The van der Waals surface area contributed by atoms with E-state index in [9.17, 15) is 4.79 Å². The second-order valence-corrected chi connectivity index (χ2v) is 7.55. The van der Waals surface area contributed by atoms with Gasteiger partial charge in [-0.1, -0.05) is 33.6 Å². The van der Waals surface area contributed by atoms with Gasteiger partial charge in [-0.15, -0.1) is 10.2 Å². The lowest BCUT2D eigenvalue weighted by Gasteiger charge is -2.39. The highest BCUT2D eigenvalue weighted by Gasteiger charge is 2.34. The third-order valence-electron chi connectivity index (χ3n) is 5.15. The standard InChI is InChI=1S/C18H30N4O2.CH2O2/c1-4-5-8-14-11-21(12-15(24-14)13(2)3)18(23)17-20-19-16-9-6-7-10-22(16)17;2-1-3/h13-15H,4-12H2,1-3H3;1H,(H,2,3)/t14-,15-;/m1./s1. The molecule has 27 heavy (non-hydrogen) atoms. The molecule has 8 nitrogen and oxygen atoms in total. The number of carbonyl (C=O) groups is 2. The summed E-state index contributed by atoms with van der Waals surface area (Å²) < 4.78 is 8.24. The summed E-state index contributed by atoms with van der Waals surface area (Å²) in [5.74, 6) is 1.90. The van der Waals surface area contributed by atoms with E-state index in [-0.39, 0.29) is 24.6 Å². The number of fused-ring (bicyclic) bond motifs is 1. The molecule has 0 bridgehead atoms. The first-order chi connectivity index (χ1) is 13.0. The van der Waals surface area contributed by atoms with Crippen LogP contribution in [0.25, 0.3) is 0 Å². The Balaban J connectivity index is 0.000000817. The van der Waals surface area contributed by atoms with Gasteiger partial charge in [0.25, 0.3) is 12.4 Å². The highest BCUT2D eigenvalue weighted by Crippen LogP contribution is 2.23. The maximum Gasteiger partial charge on any atom is 0.291 e. The van der Waals surface area contributed by atoms with E-state index in [1.165, 1.54) is 0 Å². The van der Waals surface area contributed by atoms with Gasteiger partial charge >= 0.3 is 0 Å². The topological polar surface area (TPSA) is 97.5 Å². The van der Waals surface area contributed by atoms with Crippen LogP contribution < -0.4 is 0 Å². The van der Waals surface area contributed by atoms with Crippen molar-refractivity contribution in [2.75, 3.05) is 13.1 Å². The summed E-state index contributed by atoms with van der Waals surface area (Å²) in [7, 11) is 0. The average Bonchev–Trinajstić information content (AvgIpc) is 3.10. The van der Waals surface area contributed by atoms with Crippen LogP contribution in [-0.2, 0) is 22.5 Å². The van der Waals surface area contributed by atoms with Crippen LogP contribution in [0.1, 0.15) is 69.3 Å². The quantitative estimate of drug-likeness (QED) is 0.788. The number of rotatable bonds is 5. The molecule has 3 heterocycles. The lowest BCUT2D eigenvalue weighted by Crippen LogP contribution is -2.52. The van der Waals surface area contributed by atoms with E-state index >= 15 is 0 Å². The van der Waals surface area contributed by atoms with E-state index in [0.29, 0.717) is 24.8 Å². The van der Waals surface area contributed by atoms with E-state index in [2.05, 4.69) is 31.0 Å². The zero-order valence-electron chi connectivity index (χ0n) is 16.6. The monoisotopic (exact) mass is 380 g/mol. The zero-order valence-corrected chi connectivity index (χ0v) is 16.6.